The van der Waals surface area contributed by atoms with Crippen LogP contribution in [-0.2, 0) is 6.54 Å². The molecule has 92 valence electrons. The largest absolute Gasteiger partial charge is 0.465 e. The third kappa shape index (κ3) is 3.65. The molecule has 2 N–H and O–H groups in total. The van der Waals surface area contributed by atoms with Gasteiger partial charge >= 0.3 is 0 Å². The molecule has 1 aromatic rings. The highest BCUT2D eigenvalue weighted by molar-refractivity contribution is 5.05. The van der Waals surface area contributed by atoms with Crippen LogP contribution in [0.3, 0.4) is 0 Å². The Kier molecular flexibility index (Phi) is 4.56. The summed E-state index contributed by atoms with van der Waals surface area (Å²) in [6.45, 7) is 8.97. The zero-order valence-corrected chi connectivity index (χ0v) is 10.9. The van der Waals surface area contributed by atoms with Gasteiger partial charge in [-0.2, -0.15) is 0 Å². The Balaban J connectivity index is 2.50. The number of hydrogen-bond acceptors (Lipinski definition) is 3. The number of nitrogens with two attached hydrogens (primary N) is 1. The molecule has 0 spiro atoms. The van der Waals surface area contributed by atoms with Crippen LogP contribution in [0.15, 0.2) is 16.5 Å². The molecular weight excluding hydrogens is 200 g/mol. The predicted molar refractivity (Wildman–Crippen MR) is 67.2 cm³/mol. The van der Waals surface area contributed by atoms with Gasteiger partial charge in [-0.3, -0.25) is 4.90 Å². The number of nitrogens with zero attached hydrogens (tertiary/aromatic N) is 1. The monoisotopic (exact) mass is 224 g/mol. The first-order valence-electron chi connectivity index (χ1n) is 5.93. The molecule has 0 bridgehead atoms. The molecule has 0 aliphatic rings. The lowest BCUT2D eigenvalue weighted by Crippen LogP contribution is -2.38. The second-order valence-corrected chi connectivity index (χ2v) is 5.05. The molecule has 0 aliphatic heterocycles. The molecule has 1 rings (SSSR count). The summed E-state index contributed by atoms with van der Waals surface area (Å²) in [5.41, 5.74) is 6.02. The summed E-state index contributed by atoms with van der Waals surface area (Å²) < 4.78 is 5.56. The van der Waals surface area contributed by atoms with E-state index in [0.29, 0.717) is 0 Å². The van der Waals surface area contributed by atoms with Crippen LogP contribution < -0.4 is 5.73 Å². The van der Waals surface area contributed by atoms with E-state index in [-0.39, 0.29) is 5.41 Å². The summed E-state index contributed by atoms with van der Waals surface area (Å²) in [6.07, 6.45) is 1.10. The van der Waals surface area contributed by atoms with Gasteiger partial charge in [0.1, 0.15) is 11.5 Å². The Morgan fingerprint density at radius 1 is 1.44 bits per heavy atom. The maximum Gasteiger partial charge on any atom is 0.118 e. The minimum Gasteiger partial charge on any atom is -0.465 e. The molecule has 3 heteroatoms. The van der Waals surface area contributed by atoms with Crippen molar-refractivity contribution in [2.75, 3.05) is 20.1 Å². The Hall–Kier alpha value is -0.800. The quantitative estimate of drug-likeness (QED) is 0.806. The molecule has 1 unspecified atom stereocenters. The minimum atomic E-state index is 0.205. The van der Waals surface area contributed by atoms with Crippen LogP contribution in [0.1, 0.15) is 31.8 Å². The van der Waals surface area contributed by atoms with Crippen molar-refractivity contribution in [1.82, 2.24) is 4.90 Å². The molecule has 1 aromatic heterocycles. The van der Waals surface area contributed by atoms with Crippen LogP contribution in [0, 0.1) is 12.3 Å². The highest BCUT2D eigenvalue weighted by Gasteiger charge is 2.22. The van der Waals surface area contributed by atoms with Crippen LogP contribution in [0.4, 0.5) is 0 Å². The number of rotatable bonds is 6. The van der Waals surface area contributed by atoms with E-state index >= 15 is 0 Å². The van der Waals surface area contributed by atoms with Gasteiger partial charge in [-0.05, 0) is 44.5 Å². The van der Waals surface area contributed by atoms with Crippen molar-refractivity contribution in [3.05, 3.63) is 23.7 Å². The van der Waals surface area contributed by atoms with E-state index in [1.165, 1.54) is 0 Å². The molecule has 0 saturated carbocycles. The smallest absolute Gasteiger partial charge is 0.118 e. The Bertz CT molecular complexity index is 315. The third-order valence-electron chi connectivity index (χ3n) is 3.22. The van der Waals surface area contributed by atoms with Crippen LogP contribution in [0.25, 0.3) is 0 Å². The molecular formula is C13H24N2O. The zero-order valence-electron chi connectivity index (χ0n) is 10.9. The maximum absolute atomic E-state index is 5.81. The number of hydrogen-bond donors (Lipinski definition) is 1. The normalized spacial score (nSPS) is 15.4. The second-order valence-electron chi connectivity index (χ2n) is 5.05. The van der Waals surface area contributed by atoms with Gasteiger partial charge in [0, 0.05) is 6.54 Å². The van der Waals surface area contributed by atoms with E-state index in [0.717, 1.165) is 37.6 Å². The number of furan rings is 1. The molecule has 3 nitrogen and oxygen atoms in total. The predicted octanol–water partition coefficient (Wildman–Crippen LogP) is 2.39. The third-order valence-corrected chi connectivity index (χ3v) is 3.22. The highest BCUT2D eigenvalue weighted by Crippen LogP contribution is 2.21. The maximum atomic E-state index is 5.81. The van der Waals surface area contributed by atoms with Gasteiger partial charge in [0.25, 0.3) is 0 Å². The highest BCUT2D eigenvalue weighted by atomic mass is 16.3. The van der Waals surface area contributed by atoms with Crippen molar-refractivity contribution in [2.45, 2.75) is 33.7 Å². The molecule has 1 atom stereocenters. The fourth-order valence-corrected chi connectivity index (χ4v) is 1.86. The van der Waals surface area contributed by atoms with E-state index in [1.807, 2.05) is 19.1 Å². The Labute approximate surface area is 98.6 Å². The summed E-state index contributed by atoms with van der Waals surface area (Å²) in [4.78, 5) is 2.27. The fraction of sp³-hybridized carbons (Fsp3) is 0.692. The van der Waals surface area contributed by atoms with Crippen molar-refractivity contribution in [3.8, 4) is 0 Å². The lowest BCUT2D eigenvalue weighted by molar-refractivity contribution is 0.177. The van der Waals surface area contributed by atoms with E-state index < -0.39 is 0 Å². The van der Waals surface area contributed by atoms with Gasteiger partial charge in [0.2, 0.25) is 0 Å². The second kappa shape index (κ2) is 5.51. The van der Waals surface area contributed by atoms with Gasteiger partial charge < -0.3 is 10.2 Å². The Morgan fingerprint density at radius 3 is 2.56 bits per heavy atom. The average Bonchev–Trinajstić information content (AvgIpc) is 2.63. The fourth-order valence-electron chi connectivity index (χ4n) is 1.86. The number of aryl methyl sites for hydroxylation is 1. The lowest BCUT2D eigenvalue weighted by atomic mass is 9.87. The van der Waals surface area contributed by atoms with Crippen LogP contribution in [-0.4, -0.2) is 25.0 Å². The molecule has 16 heavy (non-hydrogen) atoms. The van der Waals surface area contributed by atoms with E-state index in [1.54, 1.807) is 0 Å². The van der Waals surface area contributed by atoms with Gasteiger partial charge in [-0.15, -0.1) is 0 Å². The molecule has 0 amide bonds. The first kappa shape index (κ1) is 13.3. The van der Waals surface area contributed by atoms with Crippen LogP contribution >= 0.6 is 0 Å². The first-order chi connectivity index (χ1) is 7.49. The van der Waals surface area contributed by atoms with Gasteiger partial charge in [-0.1, -0.05) is 13.8 Å². The average molecular weight is 224 g/mol. The summed E-state index contributed by atoms with van der Waals surface area (Å²) in [7, 11) is 2.11. The van der Waals surface area contributed by atoms with Crippen molar-refractivity contribution in [2.24, 2.45) is 11.1 Å². The molecule has 0 aliphatic carbocycles. The summed E-state index contributed by atoms with van der Waals surface area (Å²) in [5.74, 6) is 2.00. The summed E-state index contributed by atoms with van der Waals surface area (Å²) in [6, 6.07) is 4.04. The Morgan fingerprint density at radius 2 is 2.12 bits per heavy atom. The summed E-state index contributed by atoms with van der Waals surface area (Å²) in [5, 5.41) is 0. The molecule has 0 aromatic carbocycles. The van der Waals surface area contributed by atoms with Crippen molar-refractivity contribution < 1.29 is 4.42 Å². The van der Waals surface area contributed by atoms with Crippen LogP contribution in [0.2, 0.25) is 0 Å². The van der Waals surface area contributed by atoms with Crippen LogP contribution in [0.5, 0.6) is 0 Å². The van der Waals surface area contributed by atoms with E-state index in [4.69, 9.17) is 10.2 Å². The molecule has 0 saturated heterocycles. The summed E-state index contributed by atoms with van der Waals surface area (Å²) >= 11 is 0. The SMILES string of the molecule is CCC(C)(CN)CN(C)Cc1ccc(C)o1. The minimum absolute atomic E-state index is 0.205. The first-order valence-corrected chi connectivity index (χ1v) is 5.93. The zero-order chi connectivity index (χ0) is 12.2. The molecule has 1 heterocycles. The standard InChI is InChI=1S/C13H24N2O/c1-5-13(3,9-14)10-15(4)8-12-7-6-11(2)16-12/h6-7H,5,8-10,14H2,1-4H3. The molecule has 0 fully saturated rings. The van der Waals surface area contributed by atoms with Gasteiger partial charge in [0.05, 0.1) is 6.54 Å². The van der Waals surface area contributed by atoms with Crippen molar-refractivity contribution >= 4 is 0 Å². The topological polar surface area (TPSA) is 42.4 Å². The van der Waals surface area contributed by atoms with Crippen molar-refractivity contribution in [1.29, 1.82) is 0 Å². The molecule has 0 radical (unpaired) electrons. The van der Waals surface area contributed by atoms with Crippen molar-refractivity contribution in [3.63, 3.8) is 0 Å². The lowest BCUT2D eigenvalue weighted by Gasteiger charge is -2.31. The van der Waals surface area contributed by atoms with E-state index in [2.05, 4.69) is 25.8 Å². The van der Waals surface area contributed by atoms with E-state index in [9.17, 15) is 0 Å². The van der Waals surface area contributed by atoms with Gasteiger partial charge in [0.15, 0.2) is 0 Å². The van der Waals surface area contributed by atoms with Gasteiger partial charge in [-0.25, -0.2) is 0 Å².